The number of nitrogens with zero attached hydrogens (tertiary/aromatic N) is 1. The molecule has 1 aromatic heterocycles. The first-order chi connectivity index (χ1) is 11.6. The van der Waals surface area contributed by atoms with Gasteiger partial charge in [-0.3, -0.25) is 9.69 Å². The van der Waals surface area contributed by atoms with Gasteiger partial charge in [0.15, 0.2) is 0 Å². The first-order valence-corrected chi connectivity index (χ1v) is 9.57. The highest BCUT2D eigenvalue weighted by molar-refractivity contribution is 7.11. The molecule has 1 N–H and O–H groups in total. The highest BCUT2D eigenvalue weighted by Crippen LogP contribution is 2.41. The second kappa shape index (κ2) is 7.95. The maximum Gasteiger partial charge on any atom is 0.246 e. The Morgan fingerprint density at radius 1 is 1.42 bits per heavy atom. The largest absolute Gasteiger partial charge is 0.379 e. The van der Waals surface area contributed by atoms with Crippen LogP contribution in [0, 0.1) is 12.3 Å². The Balaban J connectivity index is 1.58. The molecule has 0 saturated carbocycles. The number of thiophene rings is 1. The lowest BCUT2D eigenvalue weighted by atomic mass is 9.69. The SMILES string of the molecule is COCC(=O)NC1COCCC12CCN(Cc1ccc(C)s1)CC2. The number of carbonyl (C=O) groups excluding carboxylic acids is 1. The third-order valence-corrected chi connectivity index (χ3v) is 6.39. The van der Waals surface area contributed by atoms with Crippen LogP contribution in [0.2, 0.25) is 0 Å². The minimum absolute atomic E-state index is 0.0381. The lowest BCUT2D eigenvalue weighted by molar-refractivity contribution is -0.130. The maximum atomic E-state index is 11.9. The number of aryl methyl sites for hydroxylation is 1. The van der Waals surface area contributed by atoms with Crippen LogP contribution in [-0.2, 0) is 20.8 Å². The molecule has 5 nitrogen and oxygen atoms in total. The Hall–Kier alpha value is -0.950. The van der Waals surface area contributed by atoms with Crippen LogP contribution in [0.5, 0.6) is 0 Å². The molecule has 2 fully saturated rings. The fourth-order valence-electron chi connectivity index (χ4n) is 3.93. The molecule has 1 aromatic rings. The first kappa shape index (κ1) is 17.9. The minimum atomic E-state index is -0.0381. The molecule has 3 heterocycles. The zero-order valence-corrected chi connectivity index (χ0v) is 15.5. The molecular weight excluding hydrogens is 324 g/mol. The Labute approximate surface area is 148 Å². The number of hydrogen-bond acceptors (Lipinski definition) is 5. The zero-order valence-electron chi connectivity index (χ0n) is 14.7. The van der Waals surface area contributed by atoms with Crippen molar-refractivity contribution in [2.45, 2.75) is 38.8 Å². The van der Waals surface area contributed by atoms with Crippen LogP contribution >= 0.6 is 11.3 Å². The lowest BCUT2D eigenvalue weighted by Gasteiger charge is -2.49. The van der Waals surface area contributed by atoms with Crippen LogP contribution in [0.25, 0.3) is 0 Å². The predicted molar refractivity (Wildman–Crippen MR) is 95.2 cm³/mol. The number of nitrogens with one attached hydrogen (secondary N) is 1. The number of rotatable bonds is 5. The van der Waals surface area contributed by atoms with Crippen molar-refractivity contribution >= 4 is 17.2 Å². The summed E-state index contributed by atoms with van der Waals surface area (Å²) in [6, 6.07) is 4.55. The predicted octanol–water partition coefficient (Wildman–Crippen LogP) is 2.19. The van der Waals surface area contributed by atoms with Gasteiger partial charge in [-0.1, -0.05) is 0 Å². The molecule has 0 aromatic carbocycles. The molecule has 134 valence electrons. The van der Waals surface area contributed by atoms with E-state index in [0.717, 1.165) is 45.5 Å². The summed E-state index contributed by atoms with van der Waals surface area (Å²) in [7, 11) is 1.55. The monoisotopic (exact) mass is 352 g/mol. The third kappa shape index (κ3) is 4.17. The normalized spacial score (nSPS) is 24.2. The van der Waals surface area contributed by atoms with Gasteiger partial charge >= 0.3 is 0 Å². The number of piperidine rings is 1. The summed E-state index contributed by atoms with van der Waals surface area (Å²) in [5.41, 5.74) is 0.184. The molecule has 0 aliphatic carbocycles. The van der Waals surface area contributed by atoms with Gasteiger partial charge in [-0.05, 0) is 56.8 Å². The average Bonchev–Trinajstić information content (AvgIpc) is 2.97. The molecule has 2 aliphatic heterocycles. The molecule has 1 spiro atoms. The van der Waals surface area contributed by atoms with E-state index in [2.05, 4.69) is 29.3 Å². The van der Waals surface area contributed by atoms with E-state index in [-0.39, 0.29) is 24.0 Å². The van der Waals surface area contributed by atoms with E-state index < -0.39 is 0 Å². The standard InChI is InChI=1S/C18H28N2O3S/c1-14-3-4-15(24-14)11-20-8-5-18(6-9-20)7-10-23-12-16(18)19-17(21)13-22-2/h3-4,16H,5-13H2,1-2H3,(H,19,21). The number of methoxy groups -OCH3 is 1. The average molecular weight is 353 g/mol. The van der Waals surface area contributed by atoms with Gasteiger partial charge in [0.25, 0.3) is 0 Å². The molecule has 2 saturated heterocycles. The smallest absolute Gasteiger partial charge is 0.246 e. The van der Waals surface area contributed by atoms with Crippen molar-refractivity contribution in [3.05, 3.63) is 21.9 Å². The second-order valence-electron chi connectivity index (χ2n) is 7.03. The summed E-state index contributed by atoms with van der Waals surface area (Å²) in [5.74, 6) is -0.0381. The van der Waals surface area contributed by atoms with E-state index in [4.69, 9.17) is 9.47 Å². The molecule has 1 amide bonds. The third-order valence-electron chi connectivity index (χ3n) is 5.41. The molecule has 0 radical (unpaired) electrons. The summed E-state index contributed by atoms with van der Waals surface area (Å²) in [6.07, 6.45) is 3.29. The fourth-order valence-corrected chi connectivity index (χ4v) is 4.87. The summed E-state index contributed by atoms with van der Waals surface area (Å²) < 4.78 is 10.6. The van der Waals surface area contributed by atoms with E-state index in [1.807, 2.05) is 11.3 Å². The van der Waals surface area contributed by atoms with E-state index in [9.17, 15) is 4.79 Å². The van der Waals surface area contributed by atoms with Crippen molar-refractivity contribution in [3.8, 4) is 0 Å². The second-order valence-corrected chi connectivity index (χ2v) is 8.40. The molecule has 6 heteroatoms. The van der Waals surface area contributed by atoms with E-state index in [0.29, 0.717) is 6.61 Å². The van der Waals surface area contributed by atoms with Crippen molar-refractivity contribution < 1.29 is 14.3 Å². The van der Waals surface area contributed by atoms with E-state index >= 15 is 0 Å². The number of likely N-dealkylation sites (tertiary alicyclic amines) is 1. The van der Waals surface area contributed by atoms with Gasteiger partial charge in [-0.15, -0.1) is 11.3 Å². The van der Waals surface area contributed by atoms with Crippen molar-refractivity contribution in [1.29, 1.82) is 0 Å². The van der Waals surface area contributed by atoms with Crippen LogP contribution in [0.1, 0.15) is 29.0 Å². The molecule has 1 unspecified atom stereocenters. The highest BCUT2D eigenvalue weighted by atomic mass is 32.1. The van der Waals surface area contributed by atoms with Gasteiger partial charge in [0.05, 0.1) is 12.6 Å². The van der Waals surface area contributed by atoms with Gasteiger partial charge < -0.3 is 14.8 Å². The highest BCUT2D eigenvalue weighted by Gasteiger charge is 2.44. The Kier molecular flexibility index (Phi) is 5.92. The van der Waals surface area contributed by atoms with E-state index in [1.54, 1.807) is 7.11 Å². The molecule has 24 heavy (non-hydrogen) atoms. The van der Waals surface area contributed by atoms with Crippen LogP contribution in [-0.4, -0.2) is 56.9 Å². The van der Waals surface area contributed by atoms with Crippen molar-refractivity contribution in [2.75, 3.05) is 40.0 Å². The number of hydrogen-bond donors (Lipinski definition) is 1. The van der Waals surface area contributed by atoms with Crippen LogP contribution in [0.15, 0.2) is 12.1 Å². The first-order valence-electron chi connectivity index (χ1n) is 8.75. The Bertz CT molecular complexity index is 552. The van der Waals surface area contributed by atoms with E-state index in [1.165, 1.54) is 9.75 Å². The van der Waals surface area contributed by atoms with Gasteiger partial charge in [-0.2, -0.15) is 0 Å². The van der Waals surface area contributed by atoms with Crippen LogP contribution in [0.3, 0.4) is 0 Å². The van der Waals surface area contributed by atoms with Crippen molar-refractivity contribution in [3.63, 3.8) is 0 Å². The quantitative estimate of drug-likeness (QED) is 0.883. The minimum Gasteiger partial charge on any atom is -0.379 e. The van der Waals surface area contributed by atoms with Gasteiger partial charge in [0, 0.05) is 30.0 Å². The Morgan fingerprint density at radius 2 is 2.21 bits per heavy atom. The maximum absolute atomic E-state index is 11.9. The fraction of sp³-hybridized carbons (Fsp3) is 0.722. The molecule has 1 atom stereocenters. The Morgan fingerprint density at radius 3 is 2.88 bits per heavy atom. The zero-order chi connectivity index (χ0) is 17.0. The van der Waals surface area contributed by atoms with Crippen LogP contribution in [0.4, 0.5) is 0 Å². The summed E-state index contributed by atoms with van der Waals surface area (Å²) in [4.78, 5) is 17.3. The molecule has 2 aliphatic rings. The summed E-state index contributed by atoms with van der Waals surface area (Å²) in [5, 5.41) is 3.14. The van der Waals surface area contributed by atoms with Gasteiger partial charge in [0.2, 0.25) is 5.91 Å². The number of ether oxygens (including phenoxy) is 2. The summed E-state index contributed by atoms with van der Waals surface area (Å²) in [6.45, 7) is 6.94. The topological polar surface area (TPSA) is 50.8 Å². The molecule has 0 bridgehead atoms. The van der Waals surface area contributed by atoms with Crippen LogP contribution < -0.4 is 5.32 Å². The molecular formula is C18H28N2O3S. The van der Waals surface area contributed by atoms with Crippen molar-refractivity contribution in [1.82, 2.24) is 10.2 Å². The molecule has 3 rings (SSSR count). The lowest BCUT2D eigenvalue weighted by Crippen LogP contribution is -2.57. The number of carbonyl (C=O) groups is 1. The van der Waals surface area contributed by atoms with Crippen molar-refractivity contribution in [2.24, 2.45) is 5.41 Å². The summed E-state index contributed by atoms with van der Waals surface area (Å²) >= 11 is 1.89. The number of amides is 1. The van der Waals surface area contributed by atoms with Gasteiger partial charge in [-0.25, -0.2) is 0 Å². The van der Waals surface area contributed by atoms with Gasteiger partial charge in [0.1, 0.15) is 6.61 Å².